The Balaban J connectivity index is 1.61. The molecule has 1 saturated heterocycles. The number of para-hydroxylation sites is 2. The molecule has 0 bridgehead atoms. The molecule has 0 saturated carbocycles. The lowest BCUT2D eigenvalue weighted by atomic mass is 10.2. The van der Waals surface area contributed by atoms with E-state index in [-0.39, 0.29) is 5.95 Å². The summed E-state index contributed by atoms with van der Waals surface area (Å²) in [5.74, 6) is 1.19. The fraction of sp³-hybridized carbons (Fsp3) is 0.333. The molecular weight excluding hydrogens is 456 g/mol. The van der Waals surface area contributed by atoms with Crippen LogP contribution in [-0.2, 0) is 11.3 Å². The van der Waals surface area contributed by atoms with E-state index >= 15 is 0 Å². The van der Waals surface area contributed by atoms with Crippen LogP contribution in [-0.4, -0.2) is 65.0 Å². The molecule has 0 spiro atoms. The molecule has 1 aliphatic rings. The molecule has 0 unspecified atom stereocenters. The van der Waals surface area contributed by atoms with E-state index in [1.807, 2.05) is 41.1 Å². The molecule has 1 aliphatic heterocycles. The maximum absolute atomic E-state index is 14.0. The summed E-state index contributed by atoms with van der Waals surface area (Å²) in [6, 6.07) is 14.6. The van der Waals surface area contributed by atoms with Gasteiger partial charge in [-0.2, -0.15) is 15.0 Å². The van der Waals surface area contributed by atoms with Crippen LogP contribution in [0.2, 0.25) is 0 Å². The van der Waals surface area contributed by atoms with Crippen LogP contribution in [0, 0.1) is 0 Å². The number of methoxy groups -OCH3 is 1. The number of fused-ring (bicyclic) bond motifs is 1. The minimum absolute atomic E-state index is 0.0954. The monoisotopic (exact) mass is 481 g/mol. The summed E-state index contributed by atoms with van der Waals surface area (Å²) in [6.45, 7) is 2.73. The number of ether oxygens (including phenoxy) is 2. The van der Waals surface area contributed by atoms with Crippen molar-refractivity contribution in [3.8, 4) is 11.7 Å². The number of alkyl halides is 2. The standard InChI is InChI=1S/C24H25F2N7O2/c1-31(15-16-6-5-7-17(14-16)34-2)22-28-23(32-10-12-35-13-11-32)30-24(29-22)33-19-9-4-3-8-18(19)27-21(33)20(25)26/h3-9,14,20H,10-13,15H2,1-2H3. The van der Waals surface area contributed by atoms with Crippen molar-refractivity contribution in [2.24, 2.45) is 0 Å². The quantitative estimate of drug-likeness (QED) is 0.396. The van der Waals surface area contributed by atoms with Crippen molar-refractivity contribution in [2.45, 2.75) is 13.0 Å². The van der Waals surface area contributed by atoms with Crippen molar-refractivity contribution in [3.63, 3.8) is 0 Å². The first-order valence-corrected chi connectivity index (χ1v) is 11.2. The van der Waals surface area contributed by atoms with Gasteiger partial charge in [0.25, 0.3) is 6.43 Å². The van der Waals surface area contributed by atoms with Gasteiger partial charge in [0.2, 0.25) is 17.8 Å². The molecule has 35 heavy (non-hydrogen) atoms. The normalized spacial score (nSPS) is 14.0. The molecular formula is C24H25F2N7O2. The highest BCUT2D eigenvalue weighted by Gasteiger charge is 2.25. The van der Waals surface area contributed by atoms with Gasteiger partial charge in [0.15, 0.2) is 5.82 Å². The zero-order valence-corrected chi connectivity index (χ0v) is 19.4. The SMILES string of the molecule is COc1cccc(CN(C)c2nc(N3CCOCC3)nc(-n3c(C(F)F)nc4ccccc43)n2)c1. The Kier molecular flexibility index (Phi) is 6.41. The predicted molar refractivity (Wildman–Crippen MR) is 128 cm³/mol. The fourth-order valence-corrected chi connectivity index (χ4v) is 4.04. The van der Waals surface area contributed by atoms with Crippen molar-refractivity contribution < 1.29 is 18.3 Å². The van der Waals surface area contributed by atoms with E-state index in [9.17, 15) is 8.78 Å². The molecule has 0 amide bonds. The third kappa shape index (κ3) is 4.72. The summed E-state index contributed by atoms with van der Waals surface area (Å²) in [6.07, 6.45) is -2.80. The molecule has 0 aliphatic carbocycles. The summed E-state index contributed by atoms with van der Waals surface area (Å²) in [7, 11) is 3.47. The first kappa shape index (κ1) is 22.9. The number of halogens is 2. The summed E-state index contributed by atoms with van der Waals surface area (Å²) in [5, 5.41) is 0. The van der Waals surface area contributed by atoms with E-state index in [0.717, 1.165) is 11.3 Å². The number of benzene rings is 2. The first-order chi connectivity index (χ1) is 17.0. The van der Waals surface area contributed by atoms with Crippen LogP contribution in [0.1, 0.15) is 17.8 Å². The second-order valence-corrected chi connectivity index (χ2v) is 8.14. The smallest absolute Gasteiger partial charge is 0.296 e. The van der Waals surface area contributed by atoms with E-state index in [1.54, 1.807) is 31.4 Å². The van der Waals surface area contributed by atoms with Gasteiger partial charge < -0.3 is 19.3 Å². The molecule has 0 atom stereocenters. The second-order valence-electron chi connectivity index (χ2n) is 8.14. The van der Waals surface area contributed by atoms with Gasteiger partial charge in [-0.3, -0.25) is 4.57 Å². The Morgan fingerprint density at radius 1 is 1.00 bits per heavy atom. The maximum Gasteiger partial charge on any atom is 0.296 e. The van der Waals surface area contributed by atoms with Crippen molar-refractivity contribution in [1.82, 2.24) is 24.5 Å². The molecule has 182 valence electrons. The van der Waals surface area contributed by atoms with Crippen LogP contribution in [0.15, 0.2) is 48.5 Å². The lowest BCUT2D eigenvalue weighted by Crippen LogP contribution is -2.38. The van der Waals surface area contributed by atoms with Gasteiger partial charge in [-0.1, -0.05) is 24.3 Å². The Bertz CT molecular complexity index is 1320. The molecule has 11 heteroatoms. The van der Waals surface area contributed by atoms with Gasteiger partial charge in [-0.25, -0.2) is 13.8 Å². The number of anilines is 2. The molecule has 4 aromatic rings. The summed E-state index contributed by atoms with van der Waals surface area (Å²) in [5.41, 5.74) is 1.94. The van der Waals surface area contributed by atoms with Gasteiger partial charge in [-0.15, -0.1) is 0 Å². The maximum atomic E-state index is 14.0. The third-order valence-corrected chi connectivity index (χ3v) is 5.77. The molecule has 0 N–H and O–H groups in total. The van der Waals surface area contributed by atoms with Crippen LogP contribution in [0.3, 0.4) is 0 Å². The van der Waals surface area contributed by atoms with Crippen LogP contribution >= 0.6 is 0 Å². The van der Waals surface area contributed by atoms with Crippen LogP contribution in [0.4, 0.5) is 20.7 Å². The summed E-state index contributed by atoms with van der Waals surface area (Å²) < 4.78 is 40.1. The zero-order chi connectivity index (χ0) is 24.4. The van der Waals surface area contributed by atoms with Gasteiger partial charge >= 0.3 is 0 Å². The van der Waals surface area contributed by atoms with Gasteiger partial charge in [-0.05, 0) is 29.8 Å². The molecule has 5 rings (SSSR count). The predicted octanol–water partition coefficient (Wildman–Crippen LogP) is 3.63. The largest absolute Gasteiger partial charge is 0.497 e. The molecule has 2 aromatic heterocycles. The molecule has 0 radical (unpaired) electrons. The van der Waals surface area contributed by atoms with Crippen molar-refractivity contribution in [1.29, 1.82) is 0 Å². The van der Waals surface area contributed by atoms with E-state index in [1.165, 1.54) is 4.57 Å². The van der Waals surface area contributed by atoms with E-state index < -0.39 is 12.2 Å². The fourth-order valence-electron chi connectivity index (χ4n) is 4.04. The number of nitrogens with zero attached hydrogens (tertiary/aromatic N) is 7. The van der Waals surface area contributed by atoms with Crippen LogP contribution < -0.4 is 14.5 Å². The number of aromatic nitrogens is 5. The lowest BCUT2D eigenvalue weighted by molar-refractivity contribution is 0.122. The van der Waals surface area contributed by atoms with E-state index in [4.69, 9.17) is 9.47 Å². The van der Waals surface area contributed by atoms with Gasteiger partial charge in [0, 0.05) is 26.7 Å². The average molecular weight is 482 g/mol. The van der Waals surface area contributed by atoms with Crippen LogP contribution in [0.25, 0.3) is 17.0 Å². The van der Waals surface area contributed by atoms with Crippen LogP contribution in [0.5, 0.6) is 5.75 Å². The van der Waals surface area contributed by atoms with Gasteiger partial charge in [0.05, 0.1) is 31.4 Å². The highest BCUT2D eigenvalue weighted by Crippen LogP contribution is 2.28. The number of rotatable bonds is 7. The molecule has 3 heterocycles. The second kappa shape index (κ2) is 9.79. The van der Waals surface area contributed by atoms with E-state index in [0.29, 0.717) is 55.8 Å². The summed E-state index contributed by atoms with van der Waals surface area (Å²) in [4.78, 5) is 21.9. The molecule has 1 fully saturated rings. The van der Waals surface area contributed by atoms with Crippen molar-refractivity contribution in [3.05, 3.63) is 59.9 Å². The van der Waals surface area contributed by atoms with Gasteiger partial charge in [0.1, 0.15) is 5.75 Å². The average Bonchev–Trinajstić information content (AvgIpc) is 3.29. The Labute approximate surface area is 201 Å². The molecule has 2 aromatic carbocycles. The first-order valence-electron chi connectivity index (χ1n) is 11.2. The lowest BCUT2D eigenvalue weighted by Gasteiger charge is -2.28. The highest BCUT2D eigenvalue weighted by atomic mass is 19.3. The number of imidazole rings is 1. The highest BCUT2D eigenvalue weighted by molar-refractivity contribution is 5.77. The Hall–Kier alpha value is -3.86. The Morgan fingerprint density at radius 2 is 1.77 bits per heavy atom. The molecule has 9 nitrogen and oxygen atoms in total. The number of hydrogen-bond acceptors (Lipinski definition) is 8. The Morgan fingerprint density at radius 3 is 2.54 bits per heavy atom. The number of hydrogen-bond donors (Lipinski definition) is 0. The van der Waals surface area contributed by atoms with E-state index in [2.05, 4.69) is 19.9 Å². The third-order valence-electron chi connectivity index (χ3n) is 5.77. The minimum Gasteiger partial charge on any atom is -0.497 e. The minimum atomic E-state index is -2.80. The number of morpholine rings is 1. The van der Waals surface area contributed by atoms with Crippen molar-refractivity contribution in [2.75, 3.05) is 50.3 Å². The topological polar surface area (TPSA) is 81.4 Å². The van der Waals surface area contributed by atoms with Crippen molar-refractivity contribution >= 4 is 22.9 Å². The summed E-state index contributed by atoms with van der Waals surface area (Å²) >= 11 is 0. The zero-order valence-electron chi connectivity index (χ0n) is 19.4.